The average molecular weight is 480 g/mol. The fraction of sp³-hybridized carbons (Fsp3) is 0.0556. The lowest BCUT2D eigenvalue weighted by molar-refractivity contribution is 0.0515. The van der Waals surface area contributed by atoms with E-state index in [1.807, 2.05) is 0 Å². The van der Waals surface area contributed by atoms with Crippen molar-refractivity contribution in [1.82, 2.24) is 9.55 Å². The first-order chi connectivity index (χ1) is 12.9. The molecule has 1 aromatic heterocycles. The molecule has 10 heteroatoms. The van der Waals surface area contributed by atoms with Gasteiger partial charge < -0.3 is 9.40 Å². The number of nitrogens with zero attached hydrogens (tertiary/aromatic N) is 3. The minimum absolute atomic E-state index is 0. The Morgan fingerprint density at radius 3 is 2.14 bits per heavy atom. The predicted octanol–water partition coefficient (Wildman–Crippen LogP) is 6.18. The van der Waals surface area contributed by atoms with Crippen molar-refractivity contribution >= 4 is 70.5 Å². The summed E-state index contributed by atoms with van der Waals surface area (Å²) in [6, 6.07) is 9.41. The molecule has 0 aliphatic heterocycles. The maximum absolute atomic E-state index is 12.3. The fourth-order valence-electron chi connectivity index (χ4n) is 2.24. The van der Waals surface area contributed by atoms with Crippen molar-refractivity contribution in [3.05, 3.63) is 86.3 Å². The number of hydrogen-bond donors (Lipinski definition) is 0. The van der Waals surface area contributed by atoms with Crippen LogP contribution in [0.1, 0.15) is 15.9 Å². The molecule has 0 radical (unpaired) electrons. The van der Waals surface area contributed by atoms with Crippen molar-refractivity contribution in [1.29, 1.82) is 0 Å². The smallest absolute Gasteiger partial charge is 0.331 e. The highest BCUT2D eigenvalue weighted by atomic mass is 35.5. The Kier molecular flexibility index (Phi) is 8.16. The maximum Gasteiger partial charge on any atom is 0.367 e. The van der Waals surface area contributed by atoms with Crippen molar-refractivity contribution in [2.75, 3.05) is 0 Å². The standard InChI is InChI=1S/C18H11Cl4N3O2.ClH/c19-11-1-3-13(15(21)7-11)17(9-25-6-5-23-10-25)24-27-18(26)14-4-2-12(20)8-16(14)22;/h1-8,10H,9H2;1H/b24-17+;. The first-order valence-electron chi connectivity index (χ1n) is 7.58. The molecule has 0 bridgehead atoms. The minimum Gasteiger partial charge on any atom is -0.331 e. The monoisotopic (exact) mass is 477 g/mol. The summed E-state index contributed by atoms with van der Waals surface area (Å²) in [5, 5.41) is 5.44. The molecule has 1 heterocycles. The van der Waals surface area contributed by atoms with Gasteiger partial charge in [-0.15, -0.1) is 12.4 Å². The van der Waals surface area contributed by atoms with E-state index in [-0.39, 0.29) is 29.5 Å². The largest absolute Gasteiger partial charge is 0.367 e. The van der Waals surface area contributed by atoms with Crippen molar-refractivity contribution in [3.63, 3.8) is 0 Å². The first kappa shape index (κ1) is 22.5. The summed E-state index contributed by atoms with van der Waals surface area (Å²) in [7, 11) is 0. The summed E-state index contributed by atoms with van der Waals surface area (Å²) in [6.07, 6.45) is 4.98. The van der Waals surface area contributed by atoms with E-state index in [2.05, 4.69) is 10.1 Å². The van der Waals surface area contributed by atoms with Gasteiger partial charge in [-0.25, -0.2) is 9.78 Å². The third-order valence-corrected chi connectivity index (χ3v) is 4.62. The highest BCUT2D eigenvalue weighted by Gasteiger charge is 2.15. The van der Waals surface area contributed by atoms with Crippen LogP contribution in [0.4, 0.5) is 0 Å². The number of aromatic nitrogens is 2. The van der Waals surface area contributed by atoms with Gasteiger partial charge in [0.25, 0.3) is 0 Å². The van der Waals surface area contributed by atoms with Gasteiger partial charge in [0, 0.05) is 28.0 Å². The SMILES string of the molecule is Cl.O=C(O/N=C(\Cn1ccnc1)c1ccc(Cl)cc1Cl)c1ccc(Cl)cc1Cl. The third kappa shape index (κ3) is 5.63. The molecule has 3 aromatic rings. The van der Waals surface area contributed by atoms with Crippen molar-refractivity contribution in [2.24, 2.45) is 5.16 Å². The molecule has 0 fully saturated rings. The lowest BCUT2D eigenvalue weighted by Crippen LogP contribution is -2.13. The van der Waals surface area contributed by atoms with Crippen LogP contribution in [0.15, 0.2) is 60.3 Å². The van der Waals surface area contributed by atoms with Crippen molar-refractivity contribution < 1.29 is 9.63 Å². The predicted molar refractivity (Wildman–Crippen MR) is 114 cm³/mol. The number of oxime groups is 1. The molecule has 0 saturated heterocycles. The lowest BCUT2D eigenvalue weighted by atomic mass is 10.1. The second-order valence-electron chi connectivity index (χ2n) is 5.40. The molecule has 0 saturated carbocycles. The zero-order valence-electron chi connectivity index (χ0n) is 14.0. The van der Waals surface area contributed by atoms with Gasteiger partial charge in [-0.3, -0.25) is 0 Å². The van der Waals surface area contributed by atoms with Crippen LogP contribution >= 0.6 is 58.8 Å². The van der Waals surface area contributed by atoms with Crippen molar-refractivity contribution in [2.45, 2.75) is 6.54 Å². The Labute approximate surface area is 187 Å². The van der Waals surface area contributed by atoms with E-state index in [4.69, 9.17) is 51.2 Å². The molecule has 0 unspecified atom stereocenters. The van der Waals surface area contributed by atoms with Crippen LogP contribution in [-0.2, 0) is 11.4 Å². The molecule has 28 heavy (non-hydrogen) atoms. The fourth-order valence-corrected chi connectivity index (χ4v) is 3.24. The summed E-state index contributed by atoms with van der Waals surface area (Å²) in [5.74, 6) is -0.718. The summed E-state index contributed by atoms with van der Waals surface area (Å²) in [6.45, 7) is 0.281. The number of halogens is 5. The van der Waals surface area contributed by atoms with E-state index in [1.165, 1.54) is 18.2 Å². The topological polar surface area (TPSA) is 56.5 Å². The van der Waals surface area contributed by atoms with E-state index in [9.17, 15) is 4.79 Å². The van der Waals surface area contributed by atoms with Gasteiger partial charge in [-0.2, -0.15) is 0 Å². The second kappa shape index (κ2) is 10.1. The quantitative estimate of drug-likeness (QED) is 0.249. The number of rotatable bonds is 5. The van der Waals surface area contributed by atoms with E-state index in [1.54, 1.807) is 41.5 Å². The van der Waals surface area contributed by atoms with Crippen molar-refractivity contribution in [3.8, 4) is 0 Å². The summed E-state index contributed by atoms with van der Waals surface area (Å²) in [5.41, 5.74) is 1.13. The minimum atomic E-state index is -0.718. The van der Waals surface area contributed by atoms with Gasteiger partial charge in [0.15, 0.2) is 0 Å². The summed E-state index contributed by atoms with van der Waals surface area (Å²) >= 11 is 24.1. The lowest BCUT2D eigenvalue weighted by Gasteiger charge is -2.10. The Balaban J connectivity index is 0.00000280. The molecular weight excluding hydrogens is 467 g/mol. The van der Waals surface area contributed by atoms with Gasteiger partial charge in [-0.1, -0.05) is 51.6 Å². The van der Waals surface area contributed by atoms with Crippen LogP contribution in [0.3, 0.4) is 0 Å². The highest BCUT2D eigenvalue weighted by molar-refractivity contribution is 6.37. The number of carbonyl (C=O) groups is 1. The zero-order valence-corrected chi connectivity index (χ0v) is 17.8. The third-order valence-electron chi connectivity index (χ3n) is 3.52. The van der Waals surface area contributed by atoms with E-state index >= 15 is 0 Å². The van der Waals surface area contributed by atoms with Crippen LogP contribution in [0.5, 0.6) is 0 Å². The zero-order chi connectivity index (χ0) is 19.4. The average Bonchev–Trinajstić information content (AvgIpc) is 3.12. The second-order valence-corrected chi connectivity index (χ2v) is 7.09. The molecule has 0 atom stereocenters. The Hall–Kier alpha value is -1.76. The number of carbonyl (C=O) groups excluding carboxylic acids is 1. The number of hydrogen-bond acceptors (Lipinski definition) is 4. The molecule has 146 valence electrons. The molecule has 5 nitrogen and oxygen atoms in total. The normalized spacial score (nSPS) is 11.1. The molecule has 3 rings (SSSR count). The van der Waals surface area contributed by atoms with Crippen LogP contribution in [0, 0.1) is 0 Å². The Bertz CT molecular complexity index is 1010. The molecule has 0 N–H and O–H groups in total. The molecule has 0 spiro atoms. The van der Waals surface area contributed by atoms with Gasteiger partial charge in [0.05, 0.1) is 28.5 Å². The van der Waals surface area contributed by atoms with Gasteiger partial charge in [-0.05, 0) is 36.4 Å². The molecule has 0 aliphatic rings. The summed E-state index contributed by atoms with van der Waals surface area (Å²) in [4.78, 5) is 21.4. The molecule has 2 aromatic carbocycles. The number of imidazole rings is 1. The Morgan fingerprint density at radius 2 is 1.61 bits per heavy atom. The van der Waals surface area contributed by atoms with Gasteiger partial charge >= 0.3 is 5.97 Å². The highest BCUT2D eigenvalue weighted by Crippen LogP contribution is 2.24. The molecule has 0 aliphatic carbocycles. The Morgan fingerprint density at radius 1 is 1.00 bits per heavy atom. The van der Waals surface area contributed by atoms with Crippen LogP contribution in [0.2, 0.25) is 20.1 Å². The van der Waals surface area contributed by atoms with Crippen LogP contribution in [0.25, 0.3) is 0 Å². The van der Waals surface area contributed by atoms with E-state index in [0.717, 1.165) is 0 Å². The maximum atomic E-state index is 12.3. The van der Waals surface area contributed by atoms with Crippen LogP contribution in [-0.4, -0.2) is 21.2 Å². The first-order valence-corrected chi connectivity index (χ1v) is 9.09. The van der Waals surface area contributed by atoms with Gasteiger partial charge in [0.1, 0.15) is 5.71 Å². The van der Waals surface area contributed by atoms with E-state index in [0.29, 0.717) is 26.3 Å². The number of benzene rings is 2. The van der Waals surface area contributed by atoms with E-state index < -0.39 is 5.97 Å². The van der Waals surface area contributed by atoms with Crippen LogP contribution < -0.4 is 0 Å². The molecule has 0 amide bonds. The summed E-state index contributed by atoms with van der Waals surface area (Å²) < 4.78 is 1.76. The van der Waals surface area contributed by atoms with Gasteiger partial charge in [0.2, 0.25) is 0 Å². The molecular formula is C18H12Cl5N3O2.